The van der Waals surface area contributed by atoms with E-state index in [-0.39, 0.29) is 5.84 Å². The average molecular weight is 249 g/mol. The van der Waals surface area contributed by atoms with E-state index in [0.29, 0.717) is 12.3 Å². The Bertz CT molecular complexity index is 365. The predicted molar refractivity (Wildman–Crippen MR) is 76.1 cm³/mol. The molecule has 18 heavy (non-hydrogen) atoms. The highest BCUT2D eigenvalue weighted by atomic mass is 16.4. The molecule has 1 aromatic carbocycles. The molecule has 0 heterocycles. The molecule has 0 amide bonds. The maximum absolute atomic E-state index is 8.59. The van der Waals surface area contributed by atoms with Crippen molar-refractivity contribution in [2.24, 2.45) is 16.8 Å². The Hall–Kier alpha value is -1.71. The highest BCUT2D eigenvalue weighted by molar-refractivity contribution is 5.80. The molecule has 100 valence electrons. The third kappa shape index (κ3) is 4.65. The molecule has 3 N–H and O–H groups in total. The second-order valence-electron chi connectivity index (χ2n) is 4.64. The minimum atomic E-state index is 0.278. The number of para-hydroxylation sites is 1. The average Bonchev–Trinajstić information content (AvgIpc) is 2.43. The van der Waals surface area contributed by atoms with Gasteiger partial charge < -0.3 is 15.8 Å². The zero-order valence-electron chi connectivity index (χ0n) is 11.2. The standard InChI is InChI=1S/C14H23N3O/c1-3-12(2)11-17(10-9-14(15)16-18)13-7-5-4-6-8-13/h4-8,12,18H,3,9-11H2,1-2H3,(H2,15,16). The largest absolute Gasteiger partial charge is 0.409 e. The van der Waals surface area contributed by atoms with E-state index < -0.39 is 0 Å². The van der Waals surface area contributed by atoms with Crippen LogP contribution in [0.2, 0.25) is 0 Å². The zero-order valence-corrected chi connectivity index (χ0v) is 11.2. The molecular weight excluding hydrogens is 226 g/mol. The number of amidine groups is 1. The topological polar surface area (TPSA) is 61.8 Å². The Kier molecular flexibility index (Phi) is 6.05. The number of hydrogen-bond donors (Lipinski definition) is 2. The fourth-order valence-corrected chi connectivity index (χ4v) is 1.77. The predicted octanol–water partition coefficient (Wildman–Crippen LogP) is 2.68. The summed E-state index contributed by atoms with van der Waals surface area (Å²) in [5.41, 5.74) is 6.72. The first-order valence-electron chi connectivity index (χ1n) is 6.43. The second kappa shape index (κ2) is 7.58. The molecule has 0 radical (unpaired) electrons. The molecule has 0 saturated heterocycles. The first-order valence-corrected chi connectivity index (χ1v) is 6.43. The summed E-state index contributed by atoms with van der Waals surface area (Å²) in [6.45, 7) is 6.18. The minimum absolute atomic E-state index is 0.278. The Morgan fingerprint density at radius 1 is 1.39 bits per heavy atom. The number of hydrogen-bond acceptors (Lipinski definition) is 3. The van der Waals surface area contributed by atoms with Gasteiger partial charge in [0.15, 0.2) is 0 Å². The first-order chi connectivity index (χ1) is 8.67. The SMILES string of the molecule is CCC(C)CN(CCC(N)=NO)c1ccccc1. The Balaban J connectivity index is 2.69. The van der Waals surface area contributed by atoms with Crippen molar-refractivity contribution in [3.8, 4) is 0 Å². The molecule has 4 heteroatoms. The summed E-state index contributed by atoms with van der Waals surface area (Å²) in [6, 6.07) is 10.3. The molecule has 0 aliphatic rings. The van der Waals surface area contributed by atoms with Crippen LogP contribution in [0.15, 0.2) is 35.5 Å². The quantitative estimate of drug-likeness (QED) is 0.338. The van der Waals surface area contributed by atoms with Gasteiger partial charge in [0, 0.05) is 25.2 Å². The molecule has 1 atom stereocenters. The normalized spacial score (nSPS) is 13.3. The first kappa shape index (κ1) is 14.4. The van der Waals surface area contributed by atoms with E-state index in [9.17, 15) is 0 Å². The summed E-state index contributed by atoms with van der Waals surface area (Å²) in [7, 11) is 0. The molecular formula is C14H23N3O. The van der Waals surface area contributed by atoms with Gasteiger partial charge >= 0.3 is 0 Å². The fraction of sp³-hybridized carbons (Fsp3) is 0.500. The van der Waals surface area contributed by atoms with Gasteiger partial charge in [0.1, 0.15) is 5.84 Å². The lowest BCUT2D eigenvalue weighted by Crippen LogP contribution is -2.32. The van der Waals surface area contributed by atoms with E-state index in [2.05, 4.69) is 36.0 Å². The van der Waals surface area contributed by atoms with Crippen LogP contribution in [0.3, 0.4) is 0 Å². The van der Waals surface area contributed by atoms with Crippen molar-refractivity contribution in [1.29, 1.82) is 0 Å². The van der Waals surface area contributed by atoms with Crippen LogP contribution in [0.25, 0.3) is 0 Å². The van der Waals surface area contributed by atoms with Gasteiger partial charge in [-0.25, -0.2) is 0 Å². The second-order valence-corrected chi connectivity index (χ2v) is 4.64. The van der Waals surface area contributed by atoms with Crippen LogP contribution in [-0.4, -0.2) is 24.1 Å². The van der Waals surface area contributed by atoms with Gasteiger partial charge in [-0.15, -0.1) is 0 Å². The number of anilines is 1. The van der Waals surface area contributed by atoms with Crippen molar-refractivity contribution in [3.05, 3.63) is 30.3 Å². The van der Waals surface area contributed by atoms with Gasteiger partial charge in [-0.05, 0) is 18.1 Å². The van der Waals surface area contributed by atoms with Gasteiger partial charge in [0.05, 0.1) is 0 Å². The van der Waals surface area contributed by atoms with Crippen molar-refractivity contribution in [2.45, 2.75) is 26.7 Å². The molecule has 1 aromatic rings. The number of oxime groups is 1. The van der Waals surface area contributed by atoms with Crippen LogP contribution in [-0.2, 0) is 0 Å². The molecule has 0 aromatic heterocycles. The van der Waals surface area contributed by atoms with Gasteiger partial charge in [-0.3, -0.25) is 0 Å². The Morgan fingerprint density at radius 2 is 2.06 bits per heavy atom. The minimum Gasteiger partial charge on any atom is -0.409 e. The molecule has 0 fully saturated rings. The summed E-state index contributed by atoms with van der Waals surface area (Å²) in [5.74, 6) is 0.901. The Morgan fingerprint density at radius 3 is 2.61 bits per heavy atom. The number of nitrogens with two attached hydrogens (primary N) is 1. The summed E-state index contributed by atoms with van der Waals surface area (Å²) in [5, 5.41) is 11.6. The summed E-state index contributed by atoms with van der Waals surface area (Å²) < 4.78 is 0. The van der Waals surface area contributed by atoms with Crippen LogP contribution in [0, 0.1) is 5.92 Å². The molecule has 1 rings (SSSR count). The van der Waals surface area contributed by atoms with E-state index in [1.807, 2.05) is 18.2 Å². The van der Waals surface area contributed by atoms with Crippen molar-refractivity contribution in [3.63, 3.8) is 0 Å². The van der Waals surface area contributed by atoms with E-state index >= 15 is 0 Å². The van der Waals surface area contributed by atoms with Crippen LogP contribution in [0.4, 0.5) is 5.69 Å². The molecule has 0 aliphatic carbocycles. The van der Waals surface area contributed by atoms with Gasteiger partial charge in [0.25, 0.3) is 0 Å². The third-order valence-electron chi connectivity index (χ3n) is 3.12. The number of benzene rings is 1. The summed E-state index contributed by atoms with van der Waals surface area (Å²) in [4.78, 5) is 2.28. The molecule has 0 spiro atoms. The maximum Gasteiger partial charge on any atom is 0.140 e. The zero-order chi connectivity index (χ0) is 13.4. The number of nitrogens with zero attached hydrogens (tertiary/aromatic N) is 2. The molecule has 0 bridgehead atoms. The summed E-state index contributed by atoms with van der Waals surface area (Å²) in [6.07, 6.45) is 1.72. The smallest absolute Gasteiger partial charge is 0.140 e. The van der Waals surface area contributed by atoms with Crippen LogP contribution in [0.5, 0.6) is 0 Å². The lowest BCUT2D eigenvalue weighted by atomic mass is 10.1. The van der Waals surface area contributed by atoms with Crippen molar-refractivity contribution < 1.29 is 5.21 Å². The Labute approximate surface area is 109 Å². The highest BCUT2D eigenvalue weighted by Crippen LogP contribution is 2.16. The number of rotatable bonds is 7. The van der Waals surface area contributed by atoms with Crippen molar-refractivity contribution >= 4 is 11.5 Å². The van der Waals surface area contributed by atoms with Crippen molar-refractivity contribution in [1.82, 2.24) is 0 Å². The molecule has 4 nitrogen and oxygen atoms in total. The summed E-state index contributed by atoms with van der Waals surface area (Å²) >= 11 is 0. The fourth-order valence-electron chi connectivity index (χ4n) is 1.77. The van der Waals surface area contributed by atoms with E-state index in [0.717, 1.165) is 19.5 Å². The van der Waals surface area contributed by atoms with Gasteiger partial charge in [-0.1, -0.05) is 43.6 Å². The molecule has 0 aliphatic heterocycles. The van der Waals surface area contributed by atoms with Crippen molar-refractivity contribution in [2.75, 3.05) is 18.0 Å². The van der Waals surface area contributed by atoms with Crippen LogP contribution in [0.1, 0.15) is 26.7 Å². The molecule has 1 unspecified atom stereocenters. The highest BCUT2D eigenvalue weighted by Gasteiger charge is 2.10. The maximum atomic E-state index is 8.59. The van der Waals surface area contributed by atoms with Crippen LogP contribution >= 0.6 is 0 Å². The van der Waals surface area contributed by atoms with E-state index in [1.54, 1.807) is 0 Å². The third-order valence-corrected chi connectivity index (χ3v) is 3.12. The van der Waals surface area contributed by atoms with Gasteiger partial charge in [0.2, 0.25) is 0 Å². The monoisotopic (exact) mass is 249 g/mol. The van der Waals surface area contributed by atoms with Crippen LogP contribution < -0.4 is 10.6 Å². The van der Waals surface area contributed by atoms with Gasteiger partial charge in [-0.2, -0.15) is 0 Å². The lowest BCUT2D eigenvalue weighted by molar-refractivity contribution is 0.317. The molecule has 0 saturated carbocycles. The van der Waals surface area contributed by atoms with E-state index in [1.165, 1.54) is 5.69 Å². The van der Waals surface area contributed by atoms with E-state index in [4.69, 9.17) is 10.9 Å². The lowest BCUT2D eigenvalue weighted by Gasteiger charge is -2.27.